The van der Waals surface area contributed by atoms with Gasteiger partial charge in [-0.1, -0.05) is 43.9 Å². The van der Waals surface area contributed by atoms with Crippen LogP contribution in [0.1, 0.15) is 157 Å². The van der Waals surface area contributed by atoms with Crippen LogP contribution in [0, 0.1) is 17.3 Å². The molecule has 7 aliphatic heterocycles. The Morgan fingerprint density at radius 1 is 0.623 bits per heavy atom. The first-order valence-electron chi connectivity index (χ1n) is 36.7. The van der Waals surface area contributed by atoms with E-state index in [1.165, 1.54) is 30.1 Å². The van der Waals surface area contributed by atoms with Crippen molar-refractivity contribution in [1.82, 2.24) is 25.3 Å². The number of hydrogen-bond acceptors (Lipinski definition) is 21. The number of nitrogens with zero attached hydrogens (tertiary/aromatic N) is 5. The van der Waals surface area contributed by atoms with Crippen LogP contribution in [0.2, 0.25) is 0 Å². The molecule has 28 heteroatoms. The Bertz CT molecular complexity index is 3710. The normalized spacial score (nSPS) is 21.2. The molecule has 10 rings (SSSR count). The Balaban J connectivity index is 0.845. The molecule has 578 valence electrons. The summed E-state index contributed by atoms with van der Waals surface area (Å²) in [5.41, 5.74) is 1.04. The lowest BCUT2D eigenvalue weighted by Gasteiger charge is -2.39. The highest BCUT2D eigenvalue weighted by molar-refractivity contribution is 6.07. The molecule has 0 bridgehead atoms. The summed E-state index contributed by atoms with van der Waals surface area (Å²) in [6, 6.07) is 10.6. The summed E-state index contributed by atoms with van der Waals surface area (Å²) in [6.45, 7) is 24.1. The van der Waals surface area contributed by atoms with Crippen LogP contribution in [-0.2, 0) is 75.0 Å². The molecule has 0 radical (unpaired) electrons. The van der Waals surface area contributed by atoms with Crippen molar-refractivity contribution in [3.05, 3.63) is 94.6 Å². The van der Waals surface area contributed by atoms with Gasteiger partial charge in [-0.3, -0.25) is 24.0 Å². The SMILES string of the molecule is C=C1C[C@H]2C(OC3CCCCO3)N(C(=O)OC(C)(C)C)c3cc(OCc4cc(C#CCNC(=O)CCOCCOCCOCCOCCNC(=O)CCN5CC=CC5=O)cc(COc5cc6c(cc5OC)C(=O)N5CC(C)(C)C[C@H]5[C@H](OC5CCCCO5)N6C(=O)OC(C)(C)C)c4)c(OC)cc3C(=O)N2C1. The summed E-state index contributed by atoms with van der Waals surface area (Å²) in [5.74, 6) is 5.87. The molecule has 4 saturated heterocycles. The molecule has 6 atom stereocenters. The highest BCUT2D eigenvalue weighted by Crippen LogP contribution is 2.48. The number of amides is 7. The first kappa shape index (κ1) is 80.0. The average Bonchev–Trinajstić information content (AvgIpc) is 1.59. The number of methoxy groups -OCH3 is 2. The monoisotopic (exact) mass is 1480 g/mol. The summed E-state index contributed by atoms with van der Waals surface area (Å²) in [4.78, 5) is 104. The van der Waals surface area contributed by atoms with E-state index in [9.17, 15) is 28.8 Å². The number of nitrogens with one attached hydrogen (secondary N) is 2. The Labute approximate surface area is 621 Å². The molecule has 0 saturated carbocycles. The van der Waals surface area contributed by atoms with Crippen molar-refractivity contribution in [3.63, 3.8) is 0 Å². The third kappa shape index (κ3) is 21.9. The third-order valence-corrected chi connectivity index (χ3v) is 18.4. The van der Waals surface area contributed by atoms with Gasteiger partial charge in [0.05, 0.1) is 108 Å². The van der Waals surface area contributed by atoms with Gasteiger partial charge in [0.25, 0.3) is 11.8 Å². The fourth-order valence-corrected chi connectivity index (χ4v) is 13.6. The van der Waals surface area contributed by atoms with Crippen LogP contribution < -0.4 is 39.4 Å². The van der Waals surface area contributed by atoms with E-state index in [2.05, 4.69) is 42.9 Å². The molecule has 0 aliphatic carbocycles. The molecule has 7 aliphatic rings. The smallest absolute Gasteiger partial charge is 0.417 e. The van der Waals surface area contributed by atoms with Gasteiger partial charge in [0, 0.05) is 82.6 Å². The number of anilines is 2. The zero-order valence-corrected chi connectivity index (χ0v) is 63.0. The van der Waals surface area contributed by atoms with Crippen molar-refractivity contribution in [2.75, 3.05) is 129 Å². The van der Waals surface area contributed by atoms with Gasteiger partial charge in [-0.25, -0.2) is 19.4 Å². The molecule has 7 amide bonds. The van der Waals surface area contributed by atoms with Crippen molar-refractivity contribution in [3.8, 4) is 34.8 Å². The number of rotatable bonds is 31. The highest BCUT2D eigenvalue weighted by atomic mass is 16.7. The first-order valence-corrected chi connectivity index (χ1v) is 36.7. The summed E-state index contributed by atoms with van der Waals surface area (Å²) in [6.07, 6.45) is 4.24. The minimum absolute atomic E-state index is 0.00684. The van der Waals surface area contributed by atoms with Crippen LogP contribution in [0.3, 0.4) is 0 Å². The fraction of sp³-hybridized carbons (Fsp3) is 0.603. The third-order valence-electron chi connectivity index (χ3n) is 18.4. The molecule has 2 N–H and O–H groups in total. The number of carbonyl (C=O) groups excluding carboxylic acids is 7. The number of carbonyl (C=O) groups is 7. The van der Waals surface area contributed by atoms with Gasteiger partial charge in [-0.15, -0.1) is 0 Å². The van der Waals surface area contributed by atoms with Gasteiger partial charge in [0.2, 0.25) is 17.7 Å². The molecule has 3 unspecified atom stereocenters. The van der Waals surface area contributed by atoms with Crippen LogP contribution in [0.25, 0.3) is 0 Å². The molecule has 7 heterocycles. The van der Waals surface area contributed by atoms with E-state index in [-0.39, 0.29) is 133 Å². The minimum atomic E-state index is -1.05. The van der Waals surface area contributed by atoms with Crippen molar-refractivity contribution < 1.29 is 99.9 Å². The predicted octanol–water partition coefficient (Wildman–Crippen LogP) is 8.95. The second-order valence-corrected chi connectivity index (χ2v) is 29.9. The maximum atomic E-state index is 15.0. The van der Waals surface area contributed by atoms with Gasteiger partial charge in [0.15, 0.2) is 48.0 Å². The maximum Gasteiger partial charge on any atom is 0.417 e. The second-order valence-electron chi connectivity index (χ2n) is 29.9. The quantitative estimate of drug-likeness (QED) is 0.0345. The van der Waals surface area contributed by atoms with E-state index in [1.54, 1.807) is 86.6 Å². The molecule has 28 nitrogen and oxygen atoms in total. The summed E-state index contributed by atoms with van der Waals surface area (Å²) < 4.78 is 85.8. The summed E-state index contributed by atoms with van der Waals surface area (Å²) in [7, 11) is 2.93. The largest absolute Gasteiger partial charge is 0.493 e. The average molecular weight is 1480 g/mol. The number of ether oxygens (including phenoxy) is 14. The lowest BCUT2D eigenvalue weighted by molar-refractivity contribution is -0.196. The molecule has 0 aromatic heterocycles. The fourth-order valence-electron chi connectivity index (χ4n) is 13.6. The molecule has 0 spiro atoms. The van der Waals surface area contributed by atoms with E-state index >= 15 is 4.79 Å². The summed E-state index contributed by atoms with van der Waals surface area (Å²) in [5, 5.41) is 5.62. The Kier molecular flexibility index (Phi) is 27.8. The van der Waals surface area contributed by atoms with E-state index < -0.39 is 60.5 Å². The van der Waals surface area contributed by atoms with Crippen LogP contribution in [0.5, 0.6) is 23.0 Å². The second kappa shape index (κ2) is 36.9. The minimum Gasteiger partial charge on any atom is -0.493 e. The van der Waals surface area contributed by atoms with Crippen molar-refractivity contribution in [2.24, 2.45) is 5.41 Å². The van der Waals surface area contributed by atoms with Crippen LogP contribution >= 0.6 is 0 Å². The first-order chi connectivity index (χ1) is 50.7. The maximum absolute atomic E-state index is 15.0. The summed E-state index contributed by atoms with van der Waals surface area (Å²) >= 11 is 0. The van der Waals surface area contributed by atoms with E-state index in [4.69, 9.17) is 66.3 Å². The van der Waals surface area contributed by atoms with Crippen molar-refractivity contribution in [2.45, 2.75) is 181 Å². The predicted molar refractivity (Wildman–Crippen MR) is 388 cm³/mol. The molecular formula is C78H105N7O21. The molecule has 4 fully saturated rings. The van der Waals surface area contributed by atoms with Crippen molar-refractivity contribution in [1.29, 1.82) is 0 Å². The number of fused-ring (bicyclic) bond motifs is 4. The lowest BCUT2D eigenvalue weighted by atomic mass is 9.90. The van der Waals surface area contributed by atoms with Crippen LogP contribution in [0.4, 0.5) is 21.0 Å². The van der Waals surface area contributed by atoms with Gasteiger partial charge in [0.1, 0.15) is 24.4 Å². The van der Waals surface area contributed by atoms with Crippen LogP contribution in [0.15, 0.2) is 66.8 Å². The van der Waals surface area contributed by atoms with Crippen molar-refractivity contribution >= 4 is 53.1 Å². The Morgan fingerprint density at radius 2 is 1.14 bits per heavy atom. The Morgan fingerprint density at radius 3 is 1.65 bits per heavy atom. The standard InChI is InChI=1S/C78H105N7O21/c1-51-38-59-72(103-68-20-12-14-28-99-68)84(74(91)105-76(2,3)4)57-44-63(61(93-10)42-55(57)70(89)82(59)47-51)101-48-53-39-52(18-16-24-79-66(87)23-30-95-32-34-97-36-37-98-35-33-96-31-25-80-65(86)22-27-81-26-17-19-67(81)88)40-54(41-53)49-102-64-45-58-56(43-62(64)94-11)71(90)83-50-78(8,9)46-60(83)73(104-69-21-13-15-29-100-69)85(58)75(92)106-77(5,6)7/h17,19,39-45,59-60,68-69,72-73H,1,12-15,20-38,46-50H2,2-11H3,(H,79,87)(H,80,86)/t59-,60-,68?,69?,72?,73-/m0/s1. The zero-order valence-electron chi connectivity index (χ0n) is 63.0. The number of hydrogen-bond donors (Lipinski definition) is 2. The molecule has 3 aromatic carbocycles. The molecule has 106 heavy (non-hydrogen) atoms. The van der Waals surface area contributed by atoms with Gasteiger partial charge in [-0.2, -0.15) is 0 Å². The topological polar surface area (TPSA) is 289 Å². The van der Waals surface area contributed by atoms with E-state index in [0.29, 0.717) is 121 Å². The molecular weight excluding hydrogens is 1370 g/mol. The Hall–Kier alpha value is -8.53. The van der Waals surface area contributed by atoms with E-state index in [1.807, 2.05) is 18.2 Å². The number of benzene rings is 3. The highest BCUT2D eigenvalue weighted by Gasteiger charge is 2.53. The lowest BCUT2D eigenvalue weighted by Crippen LogP contribution is -2.54. The molecule has 3 aromatic rings. The van der Waals surface area contributed by atoms with Gasteiger partial charge >= 0.3 is 12.2 Å². The van der Waals surface area contributed by atoms with Gasteiger partial charge < -0.3 is 91.6 Å². The zero-order chi connectivity index (χ0) is 75.7. The van der Waals surface area contributed by atoms with E-state index in [0.717, 1.165) is 31.3 Å². The van der Waals surface area contributed by atoms with Crippen LogP contribution in [-0.4, -0.2) is 224 Å². The van der Waals surface area contributed by atoms with Gasteiger partial charge in [-0.05, 0) is 140 Å².